The van der Waals surface area contributed by atoms with E-state index < -0.39 is 63.7 Å². The number of aliphatic hydroxyl groups is 3. The van der Waals surface area contributed by atoms with Gasteiger partial charge in [-0.15, -0.1) is 0 Å². The first-order chi connectivity index (χ1) is 21.2. The minimum atomic E-state index is -2.02. The van der Waals surface area contributed by atoms with E-state index in [9.17, 15) is 29.7 Å². The maximum atomic E-state index is 13.5. The molecule has 254 valence electrons. The zero-order valence-corrected chi connectivity index (χ0v) is 28.5. The molecule has 0 spiro atoms. The second-order valence-electron chi connectivity index (χ2n) is 15.0. The van der Waals surface area contributed by atoms with Crippen LogP contribution in [0.25, 0.3) is 0 Å². The highest BCUT2D eigenvalue weighted by Crippen LogP contribution is 2.77. The van der Waals surface area contributed by atoms with Gasteiger partial charge in [0.1, 0.15) is 11.7 Å². The number of fused-ring (bicyclic) bond motifs is 5. The van der Waals surface area contributed by atoms with Gasteiger partial charge in [0.15, 0.2) is 11.4 Å². The number of carbonyl (C=O) groups is 3. The van der Waals surface area contributed by atoms with E-state index in [-0.39, 0.29) is 31.0 Å². The molecule has 3 N–H and O–H groups in total. The first kappa shape index (κ1) is 35.7. The number of aliphatic hydroxyl groups excluding tert-OH is 1. The Morgan fingerprint density at radius 1 is 0.867 bits per heavy atom. The SMILES string of the molecule is CCCCCCCCC(=O)O[C@@H]1[C@@H](C)[C@@]2(O)[C@@H](C=C(O)C[C@]3(O)C(=O)C(C)=C[C@@H]23)[C@@H]2C(C)(C)[C@]12OC(=O)CCCCCCCC. The largest absolute Gasteiger partial charge is 0.513 e. The molecule has 2 saturated carbocycles. The highest BCUT2D eigenvalue weighted by molar-refractivity contribution is 6.04. The smallest absolute Gasteiger partial charge is 0.306 e. The molecule has 0 aromatic carbocycles. The van der Waals surface area contributed by atoms with Gasteiger partial charge in [0.25, 0.3) is 0 Å². The van der Waals surface area contributed by atoms with Gasteiger partial charge in [-0.1, -0.05) is 105 Å². The lowest BCUT2D eigenvalue weighted by molar-refractivity contribution is -0.229. The third-order valence-electron chi connectivity index (χ3n) is 11.7. The third kappa shape index (κ3) is 6.27. The lowest BCUT2D eigenvalue weighted by atomic mass is 9.59. The van der Waals surface area contributed by atoms with Crippen LogP contribution in [0.3, 0.4) is 0 Å². The van der Waals surface area contributed by atoms with Crippen molar-refractivity contribution in [2.45, 2.75) is 161 Å². The Labute approximate surface area is 270 Å². The maximum Gasteiger partial charge on any atom is 0.306 e. The zero-order valence-electron chi connectivity index (χ0n) is 28.5. The van der Waals surface area contributed by atoms with E-state index in [1.165, 1.54) is 12.8 Å². The van der Waals surface area contributed by atoms with Crippen molar-refractivity contribution in [2.75, 3.05) is 0 Å². The minimum absolute atomic E-state index is 0.180. The number of ether oxygens (including phenoxy) is 2. The normalized spacial score (nSPS) is 36.2. The molecule has 4 aliphatic rings. The minimum Gasteiger partial charge on any atom is -0.513 e. The molecule has 0 saturated heterocycles. The van der Waals surface area contributed by atoms with Crippen LogP contribution >= 0.6 is 0 Å². The average molecular weight is 631 g/mol. The van der Waals surface area contributed by atoms with Gasteiger partial charge in [-0.3, -0.25) is 14.4 Å². The Balaban J connectivity index is 1.65. The molecule has 0 heterocycles. The first-order valence-electron chi connectivity index (χ1n) is 17.7. The van der Waals surface area contributed by atoms with E-state index in [4.69, 9.17) is 9.47 Å². The molecule has 2 fully saturated rings. The second-order valence-corrected chi connectivity index (χ2v) is 15.0. The number of unbranched alkanes of at least 4 members (excludes halogenated alkanes) is 10. The number of hydrogen-bond acceptors (Lipinski definition) is 8. The zero-order chi connectivity index (χ0) is 33.2. The summed E-state index contributed by atoms with van der Waals surface area (Å²) in [6.07, 6.45) is 14.6. The van der Waals surface area contributed by atoms with Crippen LogP contribution in [0.5, 0.6) is 0 Å². The Bertz CT molecular complexity index is 1170. The molecule has 8 atom stereocenters. The van der Waals surface area contributed by atoms with Crippen molar-refractivity contribution in [2.24, 2.45) is 29.1 Å². The van der Waals surface area contributed by atoms with Gasteiger partial charge in [-0.2, -0.15) is 0 Å². The Morgan fingerprint density at radius 2 is 1.40 bits per heavy atom. The molecular weight excluding hydrogens is 572 g/mol. The van der Waals surface area contributed by atoms with Crippen LogP contribution in [0.15, 0.2) is 23.5 Å². The van der Waals surface area contributed by atoms with Crippen LogP contribution < -0.4 is 0 Å². The molecule has 45 heavy (non-hydrogen) atoms. The Hall–Kier alpha value is -2.19. The van der Waals surface area contributed by atoms with E-state index in [1.54, 1.807) is 26.0 Å². The van der Waals surface area contributed by atoms with Gasteiger partial charge in [0.05, 0.1) is 11.4 Å². The van der Waals surface area contributed by atoms with Crippen molar-refractivity contribution in [3.05, 3.63) is 23.5 Å². The summed E-state index contributed by atoms with van der Waals surface area (Å²) < 4.78 is 12.7. The summed E-state index contributed by atoms with van der Waals surface area (Å²) in [7, 11) is 0. The summed E-state index contributed by atoms with van der Waals surface area (Å²) >= 11 is 0. The quantitative estimate of drug-likeness (QED) is 0.122. The van der Waals surface area contributed by atoms with Crippen LogP contribution in [0, 0.1) is 29.1 Å². The molecule has 8 nitrogen and oxygen atoms in total. The predicted molar refractivity (Wildman–Crippen MR) is 172 cm³/mol. The van der Waals surface area contributed by atoms with Gasteiger partial charge >= 0.3 is 11.9 Å². The summed E-state index contributed by atoms with van der Waals surface area (Å²) in [5.74, 6) is -4.61. The summed E-state index contributed by atoms with van der Waals surface area (Å²) in [4.78, 5) is 40.1. The number of Topliss-reactive ketones (excluding diaryl/α,β-unsaturated/α-hetero) is 1. The van der Waals surface area contributed by atoms with Crippen molar-refractivity contribution in [1.82, 2.24) is 0 Å². The third-order valence-corrected chi connectivity index (χ3v) is 11.7. The van der Waals surface area contributed by atoms with Crippen LogP contribution in [-0.2, 0) is 23.9 Å². The molecule has 0 aromatic rings. The fraction of sp³-hybridized carbons (Fsp3) is 0.811. The maximum absolute atomic E-state index is 13.5. The first-order valence-corrected chi connectivity index (χ1v) is 17.7. The molecule has 8 heteroatoms. The van der Waals surface area contributed by atoms with E-state index in [2.05, 4.69) is 13.8 Å². The van der Waals surface area contributed by atoms with E-state index >= 15 is 0 Å². The molecule has 0 bridgehead atoms. The fourth-order valence-corrected chi connectivity index (χ4v) is 9.14. The Morgan fingerprint density at radius 3 is 1.98 bits per heavy atom. The fourth-order valence-electron chi connectivity index (χ4n) is 9.14. The van der Waals surface area contributed by atoms with Gasteiger partial charge in [0, 0.05) is 48.3 Å². The van der Waals surface area contributed by atoms with Gasteiger partial charge in [0.2, 0.25) is 0 Å². The molecule has 4 rings (SSSR count). The van der Waals surface area contributed by atoms with Crippen LogP contribution in [0.4, 0.5) is 0 Å². The highest BCUT2D eigenvalue weighted by Gasteiger charge is 2.88. The number of rotatable bonds is 16. The molecular formula is C37H58O8. The van der Waals surface area contributed by atoms with Gasteiger partial charge in [-0.25, -0.2) is 0 Å². The van der Waals surface area contributed by atoms with Crippen molar-refractivity contribution >= 4 is 17.7 Å². The van der Waals surface area contributed by atoms with Crippen molar-refractivity contribution < 1.29 is 39.2 Å². The van der Waals surface area contributed by atoms with E-state index in [1.807, 2.05) is 13.8 Å². The second kappa shape index (κ2) is 13.9. The van der Waals surface area contributed by atoms with Crippen molar-refractivity contribution in [3.8, 4) is 0 Å². The molecule has 4 aliphatic carbocycles. The van der Waals surface area contributed by atoms with Crippen LogP contribution in [0.2, 0.25) is 0 Å². The lowest BCUT2D eigenvalue weighted by Crippen LogP contribution is -2.66. The van der Waals surface area contributed by atoms with E-state index in [0.717, 1.165) is 51.4 Å². The number of esters is 2. The van der Waals surface area contributed by atoms with Crippen LogP contribution in [-0.4, -0.2) is 55.9 Å². The predicted octanol–water partition coefficient (Wildman–Crippen LogP) is 7.06. The molecule has 0 aromatic heterocycles. The lowest BCUT2D eigenvalue weighted by Gasteiger charge is -2.53. The number of hydrogen-bond donors (Lipinski definition) is 3. The molecule has 0 radical (unpaired) electrons. The summed E-state index contributed by atoms with van der Waals surface area (Å²) in [6.45, 7) is 11.6. The van der Waals surface area contributed by atoms with Gasteiger partial charge < -0.3 is 24.8 Å². The average Bonchev–Trinajstić information content (AvgIpc) is 3.40. The molecule has 0 amide bonds. The molecule has 0 unspecified atom stereocenters. The molecule has 0 aliphatic heterocycles. The number of ketones is 1. The highest BCUT2D eigenvalue weighted by atomic mass is 16.6. The number of carbonyl (C=O) groups excluding carboxylic acids is 3. The van der Waals surface area contributed by atoms with Gasteiger partial charge in [-0.05, 0) is 31.4 Å². The van der Waals surface area contributed by atoms with E-state index in [0.29, 0.717) is 18.4 Å². The topological polar surface area (TPSA) is 130 Å². The summed E-state index contributed by atoms with van der Waals surface area (Å²) in [6, 6.07) is 0. The summed E-state index contributed by atoms with van der Waals surface area (Å²) in [5.41, 5.74) is -5.40. The Kier molecular flexibility index (Phi) is 11.0. The standard InChI is InChI=1S/C37H58O8/c1-7-9-11-13-15-17-19-29(39)44-33-25(4)36(43)27(22-26(38)23-35(42)28(36)21-24(3)32(35)41)31-34(5,6)37(31,33)45-30(40)20-18-16-14-12-10-8-2/h21-22,25,27-28,31,33,38,42-43H,7-20,23H2,1-6H3/t25-,27+,28-,31-,33-,35-,36-,37-/m1/s1. The van der Waals surface area contributed by atoms with Crippen molar-refractivity contribution in [1.29, 1.82) is 0 Å². The summed E-state index contributed by atoms with van der Waals surface area (Å²) in [5, 5.41) is 35.6. The van der Waals surface area contributed by atoms with Crippen LogP contribution in [0.1, 0.15) is 138 Å². The van der Waals surface area contributed by atoms with Crippen molar-refractivity contribution in [3.63, 3.8) is 0 Å². The monoisotopic (exact) mass is 630 g/mol.